The Morgan fingerprint density at radius 3 is 2.15 bits per heavy atom. The molecule has 0 amide bonds. The number of hydrogen-bond acceptors (Lipinski definition) is 5. The summed E-state index contributed by atoms with van der Waals surface area (Å²) in [7, 11) is 0. The number of nitrogens with zero attached hydrogens (tertiary/aromatic N) is 1. The number of carbonyl (C=O) groups is 1. The van der Waals surface area contributed by atoms with E-state index >= 15 is 0 Å². The van der Waals surface area contributed by atoms with Crippen LogP contribution < -0.4 is 10.1 Å². The van der Waals surface area contributed by atoms with Gasteiger partial charge in [-0.05, 0) is 80.0 Å². The normalized spacial score (nSPS) is 16.7. The van der Waals surface area contributed by atoms with E-state index in [4.69, 9.17) is 9.47 Å². The zero-order valence-corrected chi connectivity index (χ0v) is 23.3. The van der Waals surface area contributed by atoms with Gasteiger partial charge in [0.25, 0.3) is 0 Å². The molecule has 0 radical (unpaired) electrons. The van der Waals surface area contributed by atoms with Crippen LogP contribution in [0.4, 0.5) is 11.4 Å². The van der Waals surface area contributed by atoms with E-state index in [2.05, 4.69) is 42.3 Å². The van der Waals surface area contributed by atoms with Gasteiger partial charge in [-0.2, -0.15) is 0 Å². The molecule has 1 N–H and O–H groups in total. The molecular formula is C35H36N2O3. The Bertz CT molecular complexity index is 1510. The minimum atomic E-state index is -1.08. The van der Waals surface area contributed by atoms with Gasteiger partial charge in [-0.3, -0.25) is 4.90 Å². The fourth-order valence-electron chi connectivity index (χ4n) is 5.87. The second-order valence-corrected chi connectivity index (χ2v) is 10.7. The minimum absolute atomic E-state index is 0.311. The van der Waals surface area contributed by atoms with Crippen molar-refractivity contribution in [1.82, 2.24) is 4.90 Å². The van der Waals surface area contributed by atoms with Crippen molar-refractivity contribution in [1.29, 1.82) is 0 Å². The van der Waals surface area contributed by atoms with Crippen LogP contribution in [0.3, 0.4) is 0 Å². The van der Waals surface area contributed by atoms with Crippen molar-refractivity contribution in [3.8, 4) is 11.5 Å². The lowest BCUT2D eigenvalue weighted by atomic mass is 9.77. The van der Waals surface area contributed by atoms with Crippen molar-refractivity contribution in [2.24, 2.45) is 0 Å². The van der Waals surface area contributed by atoms with Crippen molar-refractivity contribution in [2.75, 3.05) is 18.4 Å². The van der Waals surface area contributed by atoms with Crippen LogP contribution in [0.2, 0.25) is 0 Å². The van der Waals surface area contributed by atoms with Gasteiger partial charge >= 0.3 is 5.97 Å². The van der Waals surface area contributed by atoms with Crippen molar-refractivity contribution in [2.45, 2.75) is 51.7 Å². The van der Waals surface area contributed by atoms with E-state index < -0.39 is 5.60 Å². The highest BCUT2D eigenvalue weighted by Crippen LogP contribution is 2.56. The summed E-state index contributed by atoms with van der Waals surface area (Å²) in [6, 6.07) is 30.2. The standard InChI is InChI=1S/C35H36N2O3/c1-3-5-20-37(21-6-4-2)24-25-16-18-32-30(22-25)35(29-15-11-10-14-28(29)34(38)40-35)31-23-27(17-19-33(31)39-32)36-26-12-8-7-9-13-26/h7-19,22-23,36H,3-6,20-21,24H2,1-2H3. The molecule has 0 saturated carbocycles. The van der Waals surface area contributed by atoms with Gasteiger partial charge in [0.2, 0.25) is 0 Å². The number of nitrogens with one attached hydrogen (secondary N) is 1. The van der Waals surface area contributed by atoms with Crippen molar-refractivity contribution in [3.63, 3.8) is 0 Å². The van der Waals surface area contributed by atoms with Gasteiger partial charge in [-0.1, -0.05) is 69.2 Å². The van der Waals surface area contributed by atoms with Gasteiger partial charge in [0.1, 0.15) is 11.5 Å². The number of ether oxygens (including phenoxy) is 2. The summed E-state index contributed by atoms with van der Waals surface area (Å²) in [6.07, 6.45) is 4.70. The molecule has 4 aromatic carbocycles. The average Bonchev–Trinajstić information content (AvgIpc) is 3.28. The zero-order chi connectivity index (χ0) is 27.5. The molecule has 4 aromatic rings. The lowest BCUT2D eigenvalue weighted by Gasteiger charge is -2.37. The summed E-state index contributed by atoms with van der Waals surface area (Å²) < 4.78 is 12.9. The minimum Gasteiger partial charge on any atom is -0.456 e. The molecular weight excluding hydrogens is 496 g/mol. The third-order valence-electron chi connectivity index (χ3n) is 7.90. The zero-order valence-electron chi connectivity index (χ0n) is 23.3. The number of esters is 1. The number of carbonyl (C=O) groups excluding carboxylic acids is 1. The molecule has 0 aromatic heterocycles. The summed E-state index contributed by atoms with van der Waals surface area (Å²) in [5.41, 5.74) is 5.14. The summed E-state index contributed by atoms with van der Waals surface area (Å²) in [4.78, 5) is 15.9. The molecule has 5 nitrogen and oxygen atoms in total. The second kappa shape index (κ2) is 11.2. The first kappa shape index (κ1) is 26.1. The van der Waals surface area contributed by atoms with Gasteiger partial charge in [-0.25, -0.2) is 4.79 Å². The highest BCUT2D eigenvalue weighted by Gasteiger charge is 2.53. The van der Waals surface area contributed by atoms with E-state index in [1.165, 1.54) is 31.2 Å². The third-order valence-corrected chi connectivity index (χ3v) is 7.90. The molecule has 6 rings (SSSR count). The molecule has 0 fully saturated rings. The SMILES string of the molecule is CCCCN(CCCC)Cc1ccc2c(c1)C1(OC(=O)c3ccccc31)c1cc(Nc3ccccc3)ccc1O2. The molecule has 204 valence electrons. The van der Waals surface area contributed by atoms with Crippen molar-refractivity contribution < 1.29 is 14.3 Å². The summed E-state index contributed by atoms with van der Waals surface area (Å²) >= 11 is 0. The Kier molecular flexibility index (Phi) is 7.31. The first-order valence-corrected chi connectivity index (χ1v) is 14.5. The van der Waals surface area contributed by atoms with Crippen LogP contribution in [0.25, 0.3) is 0 Å². The van der Waals surface area contributed by atoms with E-state index in [9.17, 15) is 4.79 Å². The van der Waals surface area contributed by atoms with Gasteiger partial charge in [-0.15, -0.1) is 0 Å². The first-order valence-electron chi connectivity index (χ1n) is 14.5. The number of hydrogen-bond donors (Lipinski definition) is 1. The number of unbranched alkanes of at least 4 members (excludes halogenated alkanes) is 2. The molecule has 1 unspecified atom stereocenters. The first-order chi connectivity index (χ1) is 19.6. The smallest absolute Gasteiger partial charge is 0.340 e. The van der Waals surface area contributed by atoms with E-state index in [0.29, 0.717) is 11.3 Å². The molecule has 1 spiro atoms. The van der Waals surface area contributed by atoms with Crippen molar-refractivity contribution >= 4 is 17.3 Å². The average molecular weight is 533 g/mol. The maximum absolute atomic E-state index is 13.3. The van der Waals surface area contributed by atoms with E-state index in [1.54, 1.807) is 0 Å². The molecule has 0 bridgehead atoms. The number of fused-ring (bicyclic) bond motifs is 6. The molecule has 2 heterocycles. The predicted molar refractivity (Wildman–Crippen MR) is 160 cm³/mol. The fourth-order valence-corrected chi connectivity index (χ4v) is 5.87. The summed E-state index contributed by atoms with van der Waals surface area (Å²) in [5.74, 6) is 1.10. The monoisotopic (exact) mass is 532 g/mol. The van der Waals surface area contributed by atoms with E-state index in [-0.39, 0.29) is 5.97 Å². The Morgan fingerprint density at radius 1 is 0.725 bits per heavy atom. The Hall–Kier alpha value is -4.09. The molecule has 5 heteroatoms. The maximum Gasteiger partial charge on any atom is 0.340 e. The maximum atomic E-state index is 13.3. The lowest BCUT2D eigenvalue weighted by Crippen LogP contribution is -2.33. The van der Waals surface area contributed by atoms with E-state index in [1.807, 2.05) is 72.8 Å². The highest BCUT2D eigenvalue weighted by molar-refractivity contribution is 5.97. The van der Waals surface area contributed by atoms with Crippen LogP contribution in [0.5, 0.6) is 11.5 Å². The van der Waals surface area contributed by atoms with Crippen LogP contribution in [0, 0.1) is 0 Å². The molecule has 2 aliphatic rings. The second-order valence-electron chi connectivity index (χ2n) is 10.7. The Balaban J connectivity index is 1.46. The van der Waals surface area contributed by atoms with Gasteiger partial charge in [0.05, 0.1) is 5.56 Å². The number of para-hydroxylation sites is 1. The predicted octanol–water partition coefficient (Wildman–Crippen LogP) is 8.40. The van der Waals surface area contributed by atoms with Gasteiger partial charge in [0.15, 0.2) is 5.60 Å². The largest absolute Gasteiger partial charge is 0.456 e. The molecule has 40 heavy (non-hydrogen) atoms. The third kappa shape index (κ3) is 4.75. The summed E-state index contributed by atoms with van der Waals surface area (Å²) in [6.45, 7) is 7.47. The van der Waals surface area contributed by atoms with Crippen LogP contribution >= 0.6 is 0 Å². The van der Waals surface area contributed by atoms with Crippen molar-refractivity contribution in [3.05, 3.63) is 119 Å². The molecule has 1 atom stereocenters. The molecule has 0 saturated heterocycles. The Labute approximate surface area is 236 Å². The van der Waals surface area contributed by atoms with Crippen LogP contribution in [-0.2, 0) is 16.9 Å². The summed E-state index contributed by atoms with van der Waals surface area (Å²) in [5, 5.41) is 3.49. The number of rotatable bonds is 10. The topological polar surface area (TPSA) is 50.8 Å². The number of benzene rings is 4. The fraction of sp³-hybridized carbons (Fsp3) is 0.286. The quantitative estimate of drug-likeness (QED) is 0.208. The van der Waals surface area contributed by atoms with Gasteiger partial charge in [0, 0.05) is 34.6 Å². The molecule has 0 aliphatic carbocycles. The molecule has 2 aliphatic heterocycles. The van der Waals surface area contributed by atoms with E-state index in [0.717, 1.165) is 53.4 Å². The van der Waals surface area contributed by atoms with Crippen LogP contribution in [-0.4, -0.2) is 24.0 Å². The Morgan fingerprint density at radius 2 is 1.40 bits per heavy atom. The highest BCUT2D eigenvalue weighted by atomic mass is 16.6. The van der Waals surface area contributed by atoms with Gasteiger partial charge < -0.3 is 14.8 Å². The van der Waals surface area contributed by atoms with Crippen LogP contribution in [0.1, 0.15) is 72.1 Å². The lowest BCUT2D eigenvalue weighted by molar-refractivity contribution is 0.0224. The number of anilines is 2. The van der Waals surface area contributed by atoms with Crippen LogP contribution in [0.15, 0.2) is 91.0 Å².